The second kappa shape index (κ2) is 6.15. The number of methoxy groups -OCH3 is 1. The van der Waals surface area contributed by atoms with Gasteiger partial charge in [-0.25, -0.2) is 5.01 Å². The molecule has 2 aromatic carbocycles. The standard InChI is InChI=1S/C17H17N3OS/c1-21-14-9-7-13(8-10-14)16-11-15(19-20(16)17(18)22)12-5-3-2-4-6-12/h2-10,16H,11H2,1H3,(H2,18,22)/t16-/m0/s1. The van der Waals surface area contributed by atoms with E-state index < -0.39 is 0 Å². The maximum absolute atomic E-state index is 5.85. The van der Waals surface area contributed by atoms with E-state index in [0.717, 1.165) is 29.0 Å². The summed E-state index contributed by atoms with van der Waals surface area (Å²) in [5.74, 6) is 0.827. The fraction of sp³-hybridized carbons (Fsp3) is 0.176. The van der Waals surface area contributed by atoms with E-state index in [9.17, 15) is 0 Å². The SMILES string of the molecule is COc1ccc([C@@H]2CC(c3ccccc3)=NN2C(N)=S)cc1. The summed E-state index contributed by atoms with van der Waals surface area (Å²) >= 11 is 5.16. The Kier molecular flexibility index (Phi) is 4.06. The minimum absolute atomic E-state index is 0.0265. The van der Waals surface area contributed by atoms with Crippen LogP contribution in [0, 0.1) is 0 Å². The van der Waals surface area contributed by atoms with E-state index in [4.69, 9.17) is 22.7 Å². The number of rotatable bonds is 3. The van der Waals surface area contributed by atoms with Crippen LogP contribution >= 0.6 is 12.2 Å². The highest BCUT2D eigenvalue weighted by atomic mass is 32.1. The minimum atomic E-state index is 0.0265. The molecule has 0 spiro atoms. The van der Waals surface area contributed by atoms with Crippen LogP contribution in [0.1, 0.15) is 23.6 Å². The average molecular weight is 311 g/mol. The fourth-order valence-corrected chi connectivity index (χ4v) is 2.77. The van der Waals surface area contributed by atoms with Gasteiger partial charge in [-0.3, -0.25) is 0 Å². The first kappa shape index (κ1) is 14.5. The van der Waals surface area contributed by atoms with E-state index in [1.165, 1.54) is 0 Å². The van der Waals surface area contributed by atoms with E-state index in [1.54, 1.807) is 12.1 Å². The van der Waals surface area contributed by atoms with Gasteiger partial charge in [-0.15, -0.1) is 0 Å². The predicted molar refractivity (Wildman–Crippen MR) is 92.0 cm³/mol. The zero-order chi connectivity index (χ0) is 15.5. The third kappa shape index (κ3) is 2.80. The van der Waals surface area contributed by atoms with Crippen molar-refractivity contribution in [1.82, 2.24) is 5.01 Å². The lowest BCUT2D eigenvalue weighted by Crippen LogP contribution is -2.31. The third-order valence-electron chi connectivity index (χ3n) is 3.74. The Morgan fingerprint density at radius 1 is 1.18 bits per heavy atom. The summed E-state index contributed by atoms with van der Waals surface area (Å²) in [4.78, 5) is 0. The molecule has 0 radical (unpaired) electrons. The number of hydrogen-bond donors (Lipinski definition) is 1. The molecule has 1 heterocycles. The maximum Gasteiger partial charge on any atom is 0.187 e. The highest BCUT2D eigenvalue weighted by Crippen LogP contribution is 2.33. The Bertz CT molecular complexity index is 698. The van der Waals surface area contributed by atoms with Crippen molar-refractivity contribution in [3.63, 3.8) is 0 Å². The smallest absolute Gasteiger partial charge is 0.187 e. The van der Waals surface area contributed by atoms with Crippen molar-refractivity contribution < 1.29 is 4.74 Å². The molecular weight excluding hydrogens is 294 g/mol. The van der Waals surface area contributed by atoms with Gasteiger partial charge in [-0.05, 0) is 35.5 Å². The predicted octanol–water partition coefficient (Wildman–Crippen LogP) is 3.09. The van der Waals surface area contributed by atoms with Gasteiger partial charge in [0.25, 0.3) is 0 Å². The number of nitrogens with two attached hydrogens (primary N) is 1. The molecule has 112 valence electrons. The molecule has 22 heavy (non-hydrogen) atoms. The Labute approximate surface area is 135 Å². The van der Waals surface area contributed by atoms with Crippen molar-refractivity contribution in [3.8, 4) is 5.75 Å². The minimum Gasteiger partial charge on any atom is -0.497 e. The number of benzene rings is 2. The summed E-state index contributed by atoms with van der Waals surface area (Å²) in [6, 6.07) is 18.1. The molecule has 0 amide bonds. The van der Waals surface area contributed by atoms with Gasteiger partial charge in [-0.2, -0.15) is 5.10 Å². The molecule has 0 saturated carbocycles. The van der Waals surface area contributed by atoms with Crippen LogP contribution in [0.4, 0.5) is 0 Å². The molecule has 3 rings (SSSR count). The summed E-state index contributed by atoms with van der Waals surface area (Å²) in [7, 11) is 1.66. The van der Waals surface area contributed by atoms with Gasteiger partial charge in [0.15, 0.2) is 5.11 Å². The summed E-state index contributed by atoms with van der Waals surface area (Å²) < 4.78 is 5.20. The lowest BCUT2D eigenvalue weighted by Gasteiger charge is -2.22. The highest BCUT2D eigenvalue weighted by Gasteiger charge is 2.30. The van der Waals surface area contributed by atoms with Gasteiger partial charge in [0, 0.05) is 6.42 Å². The van der Waals surface area contributed by atoms with Gasteiger partial charge in [0.05, 0.1) is 18.9 Å². The van der Waals surface area contributed by atoms with Crippen LogP contribution in [0.25, 0.3) is 0 Å². The van der Waals surface area contributed by atoms with Crippen molar-refractivity contribution in [2.24, 2.45) is 10.8 Å². The Morgan fingerprint density at radius 3 is 2.45 bits per heavy atom. The number of nitrogens with zero attached hydrogens (tertiary/aromatic N) is 2. The molecule has 2 aromatic rings. The molecule has 0 fully saturated rings. The number of hydrazone groups is 1. The number of thiocarbonyl (C=S) groups is 1. The monoisotopic (exact) mass is 311 g/mol. The summed E-state index contributed by atoms with van der Waals surface area (Å²) in [5.41, 5.74) is 9.05. The van der Waals surface area contributed by atoms with Gasteiger partial charge in [0.1, 0.15) is 5.75 Å². The van der Waals surface area contributed by atoms with Crippen LogP contribution in [0.2, 0.25) is 0 Å². The zero-order valence-corrected chi connectivity index (χ0v) is 13.1. The quantitative estimate of drug-likeness (QED) is 0.885. The van der Waals surface area contributed by atoms with E-state index >= 15 is 0 Å². The largest absolute Gasteiger partial charge is 0.497 e. The molecule has 0 aliphatic carbocycles. The number of hydrogen-bond acceptors (Lipinski definition) is 3. The van der Waals surface area contributed by atoms with Crippen molar-refractivity contribution in [2.75, 3.05) is 7.11 Å². The Balaban J connectivity index is 1.90. The van der Waals surface area contributed by atoms with Gasteiger partial charge in [0.2, 0.25) is 0 Å². The molecule has 0 aromatic heterocycles. The second-order valence-corrected chi connectivity index (χ2v) is 5.51. The molecule has 1 atom stereocenters. The van der Waals surface area contributed by atoms with Crippen LogP contribution in [0.3, 0.4) is 0 Å². The lowest BCUT2D eigenvalue weighted by molar-refractivity contribution is 0.371. The zero-order valence-electron chi connectivity index (χ0n) is 12.3. The Hall–Kier alpha value is -2.40. The number of ether oxygens (including phenoxy) is 1. The van der Waals surface area contributed by atoms with Crippen LogP contribution in [-0.2, 0) is 0 Å². The van der Waals surface area contributed by atoms with Crippen LogP contribution < -0.4 is 10.5 Å². The van der Waals surface area contributed by atoms with Crippen LogP contribution in [0.5, 0.6) is 5.75 Å². The Morgan fingerprint density at radius 2 is 1.86 bits per heavy atom. The average Bonchev–Trinajstić information content (AvgIpc) is 3.01. The van der Waals surface area contributed by atoms with Gasteiger partial charge >= 0.3 is 0 Å². The molecule has 4 nitrogen and oxygen atoms in total. The molecular formula is C17H17N3OS. The molecule has 0 bridgehead atoms. The third-order valence-corrected chi connectivity index (χ3v) is 3.93. The summed E-state index contributed by atoms with van der Waals surface area (Å²) in [6.07, 6.45) is 0.772. The summed E-state index contributed by atoms with van der Waals surface area (Å²) in [6.45, 7) is 0. The van der Waals surface area contributed by atoms with E-state index in [-0.39, 0.29) is 11.2 Å². The van der Waals surface area contributed by atoms with Gasteiger partial charge in [-0.1, -0.05) is 42.5 Å². The van der Waals surface area contributed by atoms with Crippen molar-refractivity contribution in [1.29, 1.82) is 0 Å². The second-order valence-electron chi connectivity index (χ2n) is 5.09. The molecule has 0 unspecified atom stereocenters. The van der Waals surface area contributed by atoms with Crippen molar-refractivity contribution >= 4 is 23.0 Å². The molecule has 5 heteroatoms. The maximum atomic E-state index is 5.85. The molecule has 0 saturated heterocycles. The van der Waals surface area contributed by atoms with E-state index in [0.29, 0.717) is 0 Å². The molecule has 1 aliphatic rings. The fourth-order valence-electron chi connectivity index (χ4n) is 2.60. The first-order valence-electron chi connectivity index (χ1n) is 7.04. The van der Waals surface area contributed by atoms with Crippen LogP contribution in [-0.4, -0.2) is 22.9 Å². The molecule has 2 N–H and O–H groups in total. The van der Waals surface area contributed by atoms with Crippen LogP contribution in [0.15, 0.2) is 59.7 Å². The normalized spacial score (nSPS) is 17.2. The van der Waals surface area contributed by atoms with Crippen molar-refractivity contribution in [3.05, 3.63) is 65.7 Å². The van der Waals surface area contributed by atoms with Gasteiger partial charge < -0.3 is 10.5 Å². The van der Waals surface area contributed by atoms with E-state index in [2.05, 4.69) is 5.10 Å². The molecule has 1 aliphatic heterocycles. The first-order chi connectivity index (χ1) is 10.7. The first-order valence-corrected chi connectivity index (χ1v) is 7.45. The van der Waals surface area contributed by atoms with Crippen molar-refractivity contribution in [2.45, 2.75) is 12.5 Å². The highest BCUT2D eigenvalue weighted by molar-refractivity contribution is 7.80. The lowest BCUT2D eigenvalue weighted by atomic mass is 9.98. The summed E-state index contributed by atoms with van der Waals surface area (Å²) in [5, 5.41) is 6.62. The topological polar surface area (TPSA) is 50.8 Å². The van der Waals surface area contributed by atoms with E-state index in [1.807, 2.05) is 54.6 Å².